The molecule has 2 rings (SSSR count). The Morgan fingerprint density at radius 1 is 0.818 bits per heavy atom. The summed E-state index contributed by atoms with van der Waals surface area (Å²) in [6.45, 7) is 6.72. The molecule has 4 heteroatoms. The van der Waals surface area contributed by atoms with Crippen molar-refractivity contribution >= 4 is 0 Å². The van der Waals surface area contributed by atoms with Gasteiger partial charge in [-0.05, 0) is 30.7 Å². The van der Waals surface area contributed by atoms with Gasteiger partial charge in [-0.2, -0.15) is 0 Å². The standard InChI is InChI=1S/C29H45FN2O/c1-4-6-7-8-9-10-11-12-15-25-17-19-26(20-18-25)29-31-21-28(22-32-29)33-23-27(30)16-13-14-24(3)5-2/h17-22,24,27H,4-16,23H2,1-3H3. The Balaban J connectivity index is 1.67. The second-order valence-corrected chi connectivity index (χ2v) is 9.52. The zero-order valence-corrected chi connectivity index (χ0v) is 21.2. The normalized spacial score (nSPS) is 13.1. The molecule has 0 fully saturated rings. The Kier molecular flexibility index (Phi) is 13.7. The first kappa shape index (κ1) is 27.3. The summed E-state index contributed by atoms with van der Waals surface area (Å²) in [6.07, 6.45) is 17.9. The number of ether oxygens (including phenoxy) is 1. The van der Waals surface area contributed by atoms with Crippen LogP contribution in [0.25, 0.3) is 11.4 Å². The molecule has 0 radical (unpaired) electrons. The van der Waals surface area contributed by atoms with Crippen LogP contribution < -0.4 is 4.74 Å². The average Bonchev–Trinajstić information content (AvgIpc) is 2.85. The molecule has 33 heavy (non-hydrogen) atoms. The average molecular weight is 457 g/mol. The molecular weight excluding hydrogens is 411 g/mol. The van der Waals surface area contributed by atoms with E-state index in [0.717, 1.165) is 31.2 Å². The van der Waals surface area contributed by atoms with Gasteiger partial charge in [0.05, 0.1) is 12.4 Å². The van der Waals surface area contributed by atoms with Gasteiger partial charge in [0.1, 0.15) is 12.8 Å². The van der Waals surface area contributed by atoms with Crippen molar-refractivity contribution in [1.82, 2.24) is 9.97 Å². The fourth-order valence-corrected chi connectivity index (χ4v) is 3.99. The van der Waals surface area contributed by atoms with E-state index in [1.54, 1.807) is 12.4 Å². The molecule has 2 atom stereocenters. The van der Waals surface area contributed by atoms with Crippen LogP contribution in [0.1, 0.15) is 103 Å². The maximum atomic E-state index is 14.1. The van der Waals surface area contributed by atoms with Gasteiger partial charge in [0.15, 0.2) is 11.6 Å². The van der Waals surface area contributed by atoms with Crippen molar-refractivity contribution in [1.29, 1.82) is 0 Å². The molecule has 1 aromatic carbocycles. The van der Waals surface area contributed by atoms with Crippen LogP contribution in [0, 0.1) is 5.92 Å². The predicted molar refractivity (Wildman–Crippen MR) is 137 cm³/mol. The molecule has 0 aliphatic rings. The highest BCUT2D eigenvalue weighted by Crippen LogP contribution is 2.20. The number of benzene rings is 1. The maximum Gasteiger partial charge on any atom is 0.159 e. The Hall–Kier alpha value is -1.97. The number of halogens is 1. The van der Waals surface area contributed by atoms with Crippen molar-refractivity contribution in [3.63, 3.8) is 0 Å². The predicted octanol–water partition coefficient (Wildman–Crippen LogP) is 8.76. The summed E-state index contributed by atoms with van der Waals surface area (Å²) in [5, 5.41) is 0. The third kappa shape index (κ3) is 11.6. The van der Waals surface area contributed by atoms with Crippen LogP contribution in [-0.2, 0) is 6.42 Å². The van der Waals surface area contributed by atoms with Crippen molar-refractivity contribution in [3.8, 4) is 17.1 Å². The van der Waals surface area contributed by atoms with Crippen molar-refractivity contribution < 1.29 is 9.13 Å². The topological polar surface area (TPSA) is 35.0 Å². The van der Waals surface area contributed by atoms with Crippen LogP contribution in [-0.4, -0.2) is 22.7 Å². The molecule has 0 saturated carbocycles. The summed E-state index contributed by atoms with van der Waals surface area (Å²) in [5.74, 6) is 1.86. The van der Waals surface area contributed by atoms with Gasteiger partial charge in [0.25, 0.3) is 0 Å². The van der Waals surface area contributed by atoms with E-state index >= 15 is 0 Å². The van der Waals surface area contributed by atoms with E-state index in [1.165, 1.54) is 56.9 Å². The molecule has 0 amide bonds. The first-order valence-corrected chi connectivity index (χ1v) is 13.3. The van der Waals surface area contributed by atoms with E-state index in [2.05, 4.69) is 55.0 Å². The summed E-state index contributed by atoms with van der Waals surface area (Å²) in [6, 6.07) is 8.53. The number of hydrogen-bond donors (Lipinski definition) is 0. The third-order valence-electron chi connectivity index (χ3n) is 6.50. The Labute approximate surface area is 201 Å². The second kappa shape index (κ2) is 16.6. The van der Waals surface area contributed by atoms with E-state index in [9.17, 15) is 4.39 Å². The molecule has 1 aromatic heterocycles. The number of hydrogen-bond acceptors (Lipinski definition) is 3. The summed E-state index contributed by atoms with van der Waals surface area (Å²) in [5.41, 5.74) is 2.36. The monoisotopic (exact) mass is 456 g/mol. The van der Waals surface area contributed by atoms with Gasteiger partial charge in [-0.1, -0.05) is 109 Å². The lowest BCUT2D eigenvalue weighted by molar-refractivity contribution is 0.181. The minimum atomic E-state index is -0.942. The number of aryl methyl sites for hydroxylation is 1. The van der Waals surface area contributed by atoms with Gasteiger partial charge < -0.3 is 4.74 Å². The van der Waals surface area contributed by atoms with E-state index in [4.69, 9.17) is 4.74 Å². The van der Waals surface area contributed by atoms with Crippen LogP contribution in [0.3, 0.4) is 0 Å². The van der Waals surface area contributed by atoms with Crippen molar-refractivity contribution in [3.05, 3.63) is 42.2 Å². The van der Waals surface area contributed by atoms with Crippen molar-refractivity contribution in [2.45, 2.75) is 110 Å². The number of rotatable bonds is 18. The summed E-state index contributed by atoms with van der Waals surface area (Å²) >= 11 is 0. The van der Waals surface area contributed by atoms with Crippen LogP contribution in [0.5, 0.6) is 5.75 Å². The maximum absolute atomic E-state index is 14.1. The first-order valence-electron chi connectivity index (χ1n) is 13.3. The summed E-state index contributed by atoms with van der Waals surface area (Å²) in [7, 11) is 0. The SMILES string of the molecule is CCCCCCCCCCc1ccc(-c2ncc(OCC(F)CCCC(C)CC)cn2)cc1. The number of unbranched alkanes of at least 4 members (excludes halogenated alkanes) is 7. The first-order chi connectivity index (χ1) is 16.1. The molecule has 0 saturated heterocycles. The molecule has 0 N–H and O–H groups in total. The van der Waals surface area contributed by atoms with E-state index in [-0.39, 0.29) is 6.61 Å². The van der Waals surface area contributed by atoms with Gasteiger partial charge in [-0.25, -0.2) is 14.4 Å². The quantitative estimate of drug-likeness (QED) is 0.210. The number of nitrogens with zero attached hydrogens (tertiary/aromatic N) is 2. The molecule has 1 heterocycles. The lowest BCUT2D eigenvalue weighted by atomic mass is 10.0. The van der Waals surface area contributed by atoms with E-state index in [1.807, 2.05) is 0 Å². The Bertz CT molecular complexity index is 732. The minimum Gasteiger partial charge on any atom is -0.487 e. The number of alkyl halides is 1. The molecule has 0 aliphatic carbocycles. The summed E-state index contributed by atoms with van der Waals surface area (Å²) < 4.78 is 19.6. The van der Waals surface area contributed by atoms with Gasteiger partial charge >= 0.3 is 0 Å². The third-order valence-corrected chi connectivity index (χ3v) is 6.50. The molecule has 0 bridgehead atoms. The van der Waals surface area contributed by atoms with Gasteiger partial charge in [0.2, 0.25) is 0 Å². The van der Waals surface area contributed by atoms with Crippen LogP contribution in [0.2, 0.25) is 0 Å². The van der Waals surface area contributed by atoms with Gasteiger partial charge in [-0.15, -0.1) is 0 Å². The lowest BCUT2D eigenvalue weighted by Crippen LogP contribution is -2.13. The highest BCUT2D eigenvalue weighted by Gasteiger charge is 2.10. The molecule has 2 aromatic rings. The molecule has 3 nitrogen and oxygen atoms in total. The summed E-state index contributed by atoms with van der Waals surface area (Å²) in [4.78, 5) is 8.82. The molecule has 2 unspecified atom stereocenters. The van der Waals surface area contributed by atoms with Crippen LogP contribution >= 0.6 is 0 Å². The fourth-order valence-electron chi connectivity index (χ4n) is 3.99. The van der Waals surface area contributed by atoms with Crippen molar-refractivity contribution in [2.24, 2.45) is 5.92 Å². The Morgan fingerprint density at radius 3 is 2.09 bits per heavy atom. The zero-order chi connectivity index (χ0) is 23.7. The molecule has 0 aliphatic heterocycles. The van der Waals surface area contributed by atoms with Crippen LogP contribution in [0.4, 0.5) is 4.39 Å². The van der Waals surface area contributed by atoms with Crippen molar-refractivity contribution in [2.75, 3.05) is 6.61 Å². The largest absolute Gasteiger partial charge is 0.487 e. The minimum absolute atomic E-state index is 0.0661. The highest BCUT2D eigenvalue weighted by molar-refractivity contribution is 5.55. The highest BCUT2D eigenvalue weighted by atomic mass is 19.1. The van der Waals surface area contributed by atoms with Gasteiger partial charge in [0, 0.05) is 5.56 Å². The van der Waals surface area contributed by atoms with Crippen LogP contribution in [0.15, 0.2) is 36.7 Å². The Morgan fingerprint density at radius 2 is 1.45 bits per heavy atom. The van der Waals surface area contributed by atoms with E-state index < -0.39 is 6.17 Å². The number of aromatic nitrogens is 2. The van der Waals surface area contributed by atoms with E-state index in [0.29, 0.717) is 23.9 Å². The fraction of sp³-hybridized carbons (Fsp3) is 0.655. The molecule has 184 valence electrons. The van der Waals surface area contributed by atoms with Gasteiger partial charge in [-0.3, -0.25) is 0 Å². The second-order valence-electron chi connectivity index (χ2n) is 9.52. The molecular formula is C29H45FN2O. The smallest absolute Gasteiger partial charge is 0.159 e. The zero-order valence-electron chi connectivity index (χ0n) is 21.2. The lowest BCUT2D eigenvalue weighted by Gasteiger charge is -2.12. The molecule has 0 spiro atoms.